The standard InChI is InChI=1S/C11H13NO3/c1-3-15-11(14)10(8(2)13)9-4-6-12-7-5-9/h4,6-7H,3,5H2,1-2H3. The van der Waals surface area contributed by atoms with Crippen LogP contribution in [0.3, 0.4) is 0 Å². The molecule has 4 heteroatoms. The van der Waals surface area contributed by atoms with Gasteiger partial charge in [-0.15, -0.1) is 0 Å². The van der Waals surface area contributed by atoms with Crippen LogP contribution in [0.1, 0.15) is 20.3 Å². The van der Waals surface area contributed by atoms with Crippen LogP contribution in [0, 0.1) is 0 Å². The third kappa shape index (κ3) is 2.87. The van der Waals surface area contributed by atoms with Crippen LogP contribution >= 0.6 is 0 Å². The molecule has 4 nitrogen and oxygen atoms in total. The molecule has 15 heavy (non-hydrogen) atoms. The first kappa shape index (κ1) is 11.4. The lowest BCUT2D eigenvalue weighted by atomic mass is 10.0. The van der Waals surface area contributed by atoms with Gasteiger partial charge in [0.2, 0.25) is 0 Å². The number of hydrogen-bond donors (Lipinski definition) is 0. The Kier molecular flexibility index (Phi) is 3.97. The molecule has 0 N–H and O–H groups in total. The molecule has 1 rings (SSSR count). The molecule has 0 spiro atoms. The van der Waals surface area contributed by atoms with Crippen molar-refractivity contribution in [3.05, 3.63) is 23.4 Å². The fourth-order valence-corrected chi connectivity index (χ4v) is 1.30. The third-order valence-electron chi connectivity index (χ3n) is 1.93. The number of allylic oxidation sites excluding steroid dienone is 2. The lowest BCUT2D eigenvalue weighted by Crippen LogP contribution is -2.16. The Morgan fingerprint density at radius 1 is 1.53 bits per heavy atom. The molecule has 0 unspecified atom stereocenters. The summed E-state index contributed by atoms with van der Waals surface area (Å²) >= 11 is 0. The van der Waals surface area contributed by atoms with E-state index >= 15 is 0 Å². The highest BCUT2D eigenvalue weighted by Gasteiger charge is 2.19. The zero-order chi connectivity index (χ0) is 11.3. The monoisotopic (exact) mass is 207 g/mol. The molecular weight excluding hydrogens is 194 g/mol. The van der Waals surface area contributed by atoms with Crippen molar-refractivity contribution in [2.45, 2.75) is 20.3 Å². The van der Waals surface area contributed by atoms with E-state index in [1.165, 1.54) is 6.92 Å². The van der Waals surface area contributed by atoms with Crippen LogP contribution in [0.4, 0.5) is 0 Å². The summed E-state index contributed by atoms with van der Waals surface area (Å²) in [6.07, 6.45) is 5.36. The summed E-state index contributed by atoms with van der Waals surface area (Å²) in [5, 5.41) is 0. The molecule has 0 fully saturated rings. The Bertz CT molecular complexity index is 364. The number of carbonyl (C=O) groups excluding carboxylic acids is 2. The summed E-state index contributed by atoms with van der Waals surface area (Å²) in [4.78, 5) is 26.7. The van der Waals surface area contributed by atoms with Crippen molar-refractivity contribution >= 4 is 18.0 Å². The van der Waals surface area contributed by atoms with Crippen LogP contribution < -0.4 is 0 Å². The average molecular weight is 207 g/mol. The summed E-state index contributed by atoms with van der Waals surface area (Å²) in [6, 6.07) is 0. The molecular formula is C11H13NO3. The molecule has 0 atom stereocenters. The molecule has 0 aromatic rings. The van der Waals surface area contributed by atoms with Gasteiger partial charge in [-0.1, -0.05) is 0 Å². The summed E-state index contributed by atoms with van der Waals surface area (Å²) in [5.41, 5.74) is 0.787. The molecule has 80 valence electrons. The Hall–Kier alpha value is -1.71. The number of Topliss-reactive ketones (excluding diaryl/α,β-unsaturated/α-hetero) is 1. The fourth-order valence-electron chi connectivity index (χ4n) is 1.30. The third-order valence-corrected chi connectivity index (χ3v) is 1.93. The largest absolute Gasteiger partial charge is 0.462 e. The van der Waals surface area contributed by atoms with E-state index in [9.17, 15) is 9.59 Å². The molecule has 1 aliphatic heterocycles. The van der Waals surface area contributed by atoms with E-state index in [1.807, 2.05) is 0 Å². The molecule has 0 amide bonds. The van der Waals surface area contributed by atoms with E-state index in [1.54, 1.807) is 25.4 Å². The quantitative estimate of drug-likeness (QED) is 0.304. The molecule has 0 radical (unpaired) electrons. The smallest absolute Gasteiger partial charge is 0.342 e. The maximum atomic E-state index is 11.5. The van der Waals surface area contributed by atoms with Gasteiger partial charge in [-0.2, -0.15) is 0 Å². The molecule has 0 aromatic heterocycles. The van der Waals surface area contributed by atoms with Gasteiger partial charge in [0.05, 0.1) is 6.61 Å². The number of nitrogens with zero attached hydrogens (tertiary/aromatic N) is 1. The second-order valence-electron chi connectivity index (χ2n) is 3.03. The van der Waals surface area contributed by atoms with Gasteiger partial charge >= 0.3 is 5.97 Å². The van der Waals surface area contributed by atoms with Crippen LogP contribution in [-0.2, 0) is 14.3 Å². The van der Waals surface area contributed by atoms with E-state index in [-0.39, 0.29) is 18.0 Å². The predicted octanol–water partition coefficient (Wildman–Crippen LogP) is 1.42. The lowest BCUT2D eigenvalue weighted by molar-refractivity contribution is -0.139. The fraction of sp³-hybridized carbons (Fsp3) is 0.364. The van der Waals surface area contributed by atoms with Crippen molar-refractivity contribution in [1.29, 1.82) is 0 Å². The highest BCUT2D eigenvalue weighted by Crippen LogP contribution is 2.15. The summed E-state index contributed by atoms with van der Waals surface area (Å²) in [5.74, 6) is -0.830. The van der Waals surface area contributed by atoms with Crippen molar-refractivity contribution in [2.24, 2.45) is 4.99 Å². The van der Waals surface area contributed by atoms with Crippen LogP contribution in [0.5, 0.6) is 0 Å². The van der Waals surface area contributed by atoms with Crippen LogP contribution in [0.25, 0.3) is 0 Å². The minimum atomic E-state index is -0.556. The van der Waals surface area contributed by atoms with E-state index in [0.29, 0.717) is 12.0 Å². The van der Waals surface area contributed by atoms with Gasteiger partial charge in [0.15, 0.2) is 5.78 Å². The van der Waals surface area contributed by atoms with Crippen LogP contribution in [0.2, 0.25) is 0 Å². The zero-order valence-corrected chi connectivity index (χ0v) is 8.82. The number of ketones is 1. The molecule has 1 heterocycles. The minimum Gasteiger partial charge on any atom is -0.462 e. The minimum absolute atomic E-state index is 0.124. The second-order valence-corrected chi connectivity index (χ2v) is 3.03. The lowest BCUT2D eigenvalue weighted by Gasteiger charge is -2.09. The summed E-state index contributed by atoms with van der Waals surface area (Å²) < 4.78 is 4.82. The highest BCUT2D eigenvalue weighted by molar-refractivity contribution is 6.17. The van der Waals surface area contributed by atoms with Gasteiger partial charge in [-0.25, -0.2) is 4.79 Å². The number of carbonyl (C=O) groups is 2. The molecule has 0 aliphatic carbocycles. The number of esters is 1. The van der Waals surface area contributed by atoms with Gasteiger partial charge in [0.1, 0.15) is 5.57 Å². The molecule has 1 aliphatic rings. The van der Waals surface area contributed by atoms with Crippen molar-refractivity contribution in [2.75, 3.05) is 6.61 Å². The van der Waals surface area contributed by atoms with E-state index in [0.717, 1.165) is 0 Å². The number of hydrogen-bond acceptors (Lipinski definition) is 4. The maximum Gasteiger partial charge on any atom is 0.342 e. The Morgan fingerprint density at radius 3 is 2.73 bits per heavy atom. The molecule has 0 saturated carbocycles. The van der Waals surface area contributed by atoms with Gasteiger partial charge in [-0.3, -0.25) is 9.79 Å². The van der Waals surface area contributed by atoms with Crippen LogP contribution in [-0.4, -0.2) is 24.6 Å². The maximum absolute atomic E-state index is 11.5. The number of aliphatic imine (C=N–C) groups is 1. The number of ether oxygens (including phenoxy) is 1. The highest BCUT2D eigenvalue weighted by atomic mass is 16.5. The van der Waals surface area contributed by atoms with E-state index in [2.05, 4.69) is 4.99 Å². The zero-order valence-electron chi connectivity index (χ0n) is 8.82. The van der Waals surface area contributed by atoms with Gasteiger partial charge in [-0.05, 0) is 25.5 Å². The SMILES string of the molecule is CCOC(=O)C(C(C)=O)=C1C=CN=CC1. The first-order chi connectivity index (χ1) is 7.16. The summed E-state index contributed by atoms with van der Waals surface area (Å²) in [7, 11) is 0. The van der Waals surface area contributed by atoms with Gasteiger partial charge < -0.3 is 4.74 Å². The van der Waals surface area contributed by atoms with Crippen LogP contribution in [0.15, 0.2) is 28.4 Å². The van der Waals surface area contributed by atoms with E-state index in [4.69, 9.17) is 4.74 Å². The Labute approximate surface area is 88.3 Å². The number of rotatable bonds is 3. The summed E-state index contributed by atoms with van der Waals surface area (Å²) in [6.45, 7) is 3.33. The van der Waals surface area contributed by atoms with Crippen molar-refractivity contribution in [3.8, 4) is 0 Å². The first-order valence-electron chi connectivity index (χ1n) is 4.76. The molecule has 0 aromatic carbocycles. The van der Waals surface area contributed by atoms with Gasteiger partial charge in [0, 0.05) is 18.8 Å². The topological polar surface area (TPSA) is 55.7 Å². The first-order valence-corrected chi connectivity index (χ1v) is 4.76. The van der Waals surface area contributed by atoms with Crippen molar-refractivity contribution < 1.29 is 14.3 Å². The normalized spacial score (nSPS) is 17.5. The Balaban J connectivity index is 3.01. The van der Waals surface area contributed by atoms with Gasteiger partial charge in [0.25, 0.3) is 0 Å². The second kappa shape index (κ2) is 5.24. The average Bonchev–Trinajstić information content (AvgIpc) is 2.19. The van der Waals surface area contributed by atoms with Crippen molar-refractivity contribution in [1.82, 2.24) is 0 Å². The molecule has 0 saturated heterocycles. The van der Waals surface area contributed by atoms with Crippen molar-refractivity contribution in [3.63, 3.8) is 0 Å². The molecule has 0 bridgehead atoms. The Morgan fingerprint density at radius 2 is 2.27 bits per heavy atom. The van der Waals surface area contributed by atoms with E-state index < -0.39 is 5.97 Å². The predicted molar refractivity (Wildman–Crippen MR) is 56.6 cm³/mol.